The molecule has 1 unspecified atom stereocenters. The molecule has 1 atom stereocenters. The molecular formula is C52H94O6. The van der Waals surface area contributed by atoms with Crippen molar-refractivity contribution >= 4 is 17.9 Å². The number of carbonyl (C=O) groups excluding carboxylic acids is 3. The summed E-state index contributed by atoms with van der Waals surface area (Å²) in [6.07, 6.45) is 54.1. The Hall–Kier alpha value is -2.37. The van der Waals surface area contributed by atoms with E-state index in [1.807, 2.05) is 0 Å². The van der Waals surface area contributed by atoms with Crippen molar-refractivity contribution in [2.24, 2.45) is 0 Å². The van der Waals surface area contributed by atoms with Crippen molar-refractivity contribution in [3.63, 3.8) is 0 Å². The summed E-state index contributed by atoms with van der Waals surface area (Å²) in [6.45, 7) is 6.52. The van der Waals surface area contributed by atoms with Gasteiger partial charge in [-0.3, -0.25) is 14.4 Å². The molecule has 0 aromatic rings. The van der Waals surface area contributed by atoms with Crippen molar-refractivity contribution in [3.05, 3.63) is 36.5 Å². The third-order valence-electron chi connectivity index (χ3n) is 10.9. The van der Waals surface area contributed by atoms with Crippen LogP contribution < -0.4 is 0 Å². The van der Waals surface area contributed by atoms with Crippen LogP contribution in [0.4, 0.5) is 0 Å². The van der Waals surface area contributed by atoms with Gasteiger partial charge in [-0.1, -0.05) is 224 Å². The molecule has 0 aliphatic heterocycles. The SMILES string of the molecule is CC/C=C\C/C=C\C/C=C\CCCCCCCCC(=O)OCC(COC(=O)CCCCCCCCCCCCC)OC(=O)CCCCCCCCCCCCCCC. The Morgan fingerprint density at radius 2 is 0.672 bits per heavy atom. The Labute approximate surface area is 359 Å². The van der Waals surface area contributed by atoms with E-state index in [1.165, 1.54) is 135 Å². The molecule has 0 aliphatic carbocycles. The molecule has 0 saturated heterocycles. The summed E-state index contributed by atoms with van der Waals surface area (Å²) in [4.78, 5) is 37.9. The molecule has 6 nitrogen and oxygen atoms in total. The fourth-order valence-corrected chi connectivity index (χ4v) is 7.16. The van der Waals surface area contributed by atoms with E-state index < -0.39 is 6.10 Å². The van der Waals surface area contributed by atoms with Gasteiger partial charge in [-0.05, 0) is 51.4 Å². The molecule has 0 heterocycles. The molecule has 0 aliphatic rings. The fraction of sp³-hybridized carbons (Fsp3) is 0.827. The van der Waals surface area contributed by atoms with Crippen LogP contribution in [0.3, 0.4) is 0 Å². The summed E-state index contributed by atoms with van der Waals surface area (Å²) >= 11 is 0. The second-order valence-corrected chi connectivity index (χ2v) is 16.7. The van der Waals surface area contributed by atoms with Gasteiger partial charge in [0.25, 0.3) is 0 Å². The lowest BCUT2D eigenvalue weighted by Crippen LogP contribution is -2.30. The Kier molecular flexibility index (Phi) is 45.4. The number of esters is 3. The number of unbranched alkanes of at least 4 members (excludes halogenated alkanes) is 28. The van der Waals surface area contributed by atoms with E-state index in [9.17, 15) is 14.4 Å². The van der Waals surface area contributed by atoms with E-state index in [-0.39, 0.29) is 31.1 Å². The van der Waals surface area contributed by atoms with Gasteiger partial charge < -0.3 is 14.2 Å². The monoisotopic (exact) mass is 815 g/mol. The maximum atomic E-state index is 12.8. The van der Waals surface area contributed by atoms with E-state index in [0.29, 0.717) is 19.3 Å². The average molecular weight is 815 g/mol. The van der Waals surface area contributed by atoms with Crippen molar-refractivity contribution in [3.8, 4) is 0 Å². The third-order valence-corrected chi connectivity index (χ3v) is 10.9. The van der Waals surface area contributed by atoms with E-state index in [0.717, 1.165) is 83.5 Å². The van der Waals surface area contributed by atoms with E-state index in [2.05, 4.69) is 57.2 Å². The van der Waals surface area contributed by atoms with Gasteiger partial charge in [0, 0.05) is 19.3 Å². The van der Waals surface area contributed by atoms with Crippen LogP contribution in [0.5, 0.6) is 0 Å². The molecule has 0 amide bonds. The van der Waals surface area contributed by atoms with Crippen LogP contribution >= 0.6 is 0 Å². The first kappa shape index (κ1) is 55.6. The molecule has 338 valence electrons. The normalized spacial score (nSPS) is 12.3. The number of ether oxygens (including phenoxy) is 3. The van der Waals surface area contributed by atoms with Gasteiger partial charge in [0.1, 0.15) is 13.2 Å². The Balaban J connectivity index is 4.35. The Bertz CT molecular complexity index is 984. The highest BCUT2D eigenvalue weighted by molar-refractivity contribution is 5.71. The van der Waals surface area contributed by atoms with Crippen LogP contribution in [-0.2, 0) is 28.6 Å². The van der Waals surface area contributed by atoms with Gasteiger partial charge in [-0.15, -0.1) is 0 Å². The van der Waals surface area contributed by atoms with Gasteiger partial charge in [0.2, 0.25) is 0 Å². The Morgan fingerprint density at radius 1 is 0.362 bits per heavy atom. The standard InChI is InChI=1S/C52H94O6/c1-4-7-10-13-16-19-22-24-25-26-28-30-33-36-39-42-45-51(54)57-48-49(47-56-50(53)44-41-38-35-32-29-21-18-15-12-9-6-3)58-52(55)46-43-40-37-34-31-27-23-20-17-14-11-8-5-2/h7,10,16,19,24-25,49H,4-6,8-9,11-15,17-18,20-23,26-48H2,1-3H3/b10-7-,19-16-,25-24-. The number of rotatable bonds is 45. The molecular weight excluding hydrogens is 721 g/mol. The van der Waals surface area contributed by atoms with Crippen molar-refractivity contribution in [2.75, 3.05) is 13.2 Å². The van der Waals surface area contributed by atoms with Crippen LogP contribution in [0.25, 0.3) is 0 Å². The summed E-state index contributed by atoms with van der Waals surface area (Å²) < 4.78 is 16.8. The largest absolute Gasteiger partial charge is 0.462 e. The minimum absolute atomic E-state index is 0.0724. The lowest BCUT2D eigenvalue weighted by molar-refractivity contribution is -0.167. The van der Waals surface area contributed by atoms with Crippen LogP contribution in [0.15, 0.2) is 36.5 Å². The molecule has 0 spiro atoms. The summed E-state index contributed by atoms with van der Waals surface area (Å²) in [5.74, 6) is -0.877. The molecule has 0 fully saturated rings. The van der Waals surface area contributed by atoms with Crippen molar-refractivity contribution < 1.29 is 28.6 Å². The van der Waals surface area contributed by atoms with Gasteiger partial charge >= 0.3 is 17.9 Å². The molecule has 6 heteroatoms. The smallest absolute Gasteiger partial charge is 0.306 e. The first-order chi connectivity index (χ1) is 28.5. The van der Waals surface area contributed by atoms with Crippen LogP contribution in [-0.4, -0.2) is 37.2 Å². The molecule has 58 heavy (non-hydrogen) atoms. The summed E-state index contributed by atoms with van der Waals surface area (Å²) in [5.41, 5.74) is 0. The Morgan fingerprint density at radius 3 is 1.05 bits per heavy atom. The molecule has 0 aromatic carbocycles. The first-order valence-electron chi connectivity index (χ1n) is 25.0. The highest BCUT2D eigenvalue weighted by Crippen LogP contribution is 2.15. The maximum absolute atomic E-state index is 12.8. The highest BCUT2D eigenvalue weighted by atomic mass is 16.6. The molecule has 0 bridgehead atoms. The van der Waals surface area contributed by atoms with E-state index >= 15 is 0 Å². The maximum Gasteiger partial charge on any atom is 0.306 e. The topological polar surface area (TPSA) is 78.9 Å². The third kappa shape index (κ3) is 44.7. The van der Waals surface area contributed by atoms with Crippen LogP contribution in [0.2, 0.25) is 0 Å². The van der Waals surface area contributed by atoms with E-state index in [1.54, 1.807) is 0 Å². The van der Waals surface area contributed by atoms with Gasteiger partial charge in [0.15, 0.2) is 6.10 Å². The highest BCUT2D eigenvalue weighted by Gasteiger charge is 2.19. The number of allylic oxidation sites excluding steroid dienone is 6. The van der Waals surface area contributed by atoms with Gasteiger partial charge in [0.05, 0.1) is 0 Å². The van der Waals surface area contributed by atoms with E-state index in [4.69, 9.17) is 14.2 Å². The second-order valence-electron chi connectivity index (χ2n) is 16.7. The molecule has 0 aromatic heterocycles. The fourth-order valence-electron chi connectivity index (χ4n) is 7.16. The summed E-state index contributed by atoms with van der Waals surface area (Å²) in [6, 6.07) is 0. The molecule has 0 radical (unpaired) electrons. The molecule has 0 saturated carbocycles. The summed E-state index contributed by atoms with van der Waals surface area (Å²) in [7, 11) is 0. The van der Waals surface area contributed by atoms with Gasteiger partial charge in [-0.25, -0.2) is 0 Å². The van der Waals surface area contributed by atoms with Crippen molar-refractivity contribution in [1.29, 1.82) is 0 Å². The zero-order chi connectivity index (χ0) is 42.3. The quantitative estimate of drug-likeness (QED) is 0.0264. The second kappa shape index (κ2) is 47.3. The van der Waals surface area contributed by atoms with Crippen molar-refractivity contribution in [2.45, 2.75) is 264 Å². The minimum Gasteiger partial charge on any atom is -0.462 e. The molecule has 0 N–H and O–H groups in total. The predicted molar refractivity (Wildman–Crippen MR) is 247 cm³/mol. The van der Waals surface area contributed by atoms with Crippen LogP contribution in [0.1, 0.15) is 258 Å². The van der Waals surface area contributed by atoms with Gasteiger partial charge in [-0.2, -0.15) is 0 Å². The number of carbonyl (C=O) groups is 3. The number of hydrogen-bond donors (Lipinski definition) is 0. The van der Waals surface area contributed by atoms with Crippen LogP contribution in [0, 0.1) is 0 Å². The number of hydrogen-bond acceptors (Lipinski definition) is 6. The first-order valence-corrected chi connectivity index (χ1v) is 25.0. The predicted octanol–water partition coefficient (Wildman–Crippen LogP) is 16.1. The average Bonchev–Trinajstić information content (AvgIpc) is 3.22. The zero-order valence-corrected chi connectivity index (χ0v) is 38.6. The van der Waals surface area contributed by atoms with Crippen molar-refractivity contribution in [1.82, 2.24) is 0 Å². The zero-order valence-electron chi connectivity index (χ0n) is 38.6. The lowest BCUT2D eigenvalue weighted by atomic mass is 10.0. The lowest BCUT2D eigenvalue weighted by Gasteiger charge is -2.18. The minimum atomic E-state index is -0.771. The summed E-state index contributed by atoms with van der Waals surface area (Å²) in [5, 5.41) is 0. The molecule has 0 rings (SSSR count).